The van der Waals surface area contributed by atoms with Gasteiger partial charge in [-0.15, -0.1) is 0 Å². The molecule has 118 valence electrons. The minimum atomic E-state index is -4.54. The van der Waals surface area contributed by atoms with Crippen molar-refractivity contribution >= 4 is 22.7 Å². The van der Waals surface area contributed by atoms with Crippen molar-refractivity contribution in [2.24, 2.45) is 18.9 Å². The number of carboxylic acids is 1. The van der Waals surface area contributed by atoms with Gasteiger partial charge in [-0.2, -0.15) is 18.3 Å². The summed E-state index contributed by atoms with van der Waals surface area (Å²) in [5.41, 5.74) is 1.07. The summed E-state index contributed by atoms with van der Waals surface area (Å²) >= 11 is 0. The van der Waals surface area contributed by atoms with E-state index >= 15 is 0 Å². The van der Waals surface area contributed by atoms with Crippen LogP contribution in [-0.2, 0) is 11.8 Å². The van der Waals surface area contributed by atoms with Crippen molar-refractivity contribution in [1.82, 2.24) is 14.8 Å². The Morgan fingerprint density at radius 1 is 1.41 bits per heavy atom. The van der Waals surface area contributed by atoms with Crippen LogP contribution in [-0.4, -0.2) is 45.1 Å². The maximum Gasteiger partial charge on any atom is 0.394 e. The molecule has 0 amide bonds. The summed E-state index contributed by atoms with van der Waals surface area (Å²) in [5, 5.41) is 13.7. The van der Waals surface area contributed by atoms with Crippen molar-refractivity contribution in [3.05, 3.63) is 18.5 Å². The smallest absolute Gasteiger partial charge is 0.394 e. The van der Waals surface area contributed by atoms with Gasteiger partial charge in [0.05, 0.1) is 29.1 Å². The van der Waals surface area contributed by atoms with Gasteiger partial charge in [0.15, 0.2) is 5.65 Å². The van der Waals surface area contributed by atoms with Crippen LogP contribution in [0.3, 0.4) is 0 Å². The summed E-state index contributed by atoms with van der Waals surface area (Å²) in [6.45, 7) is -0.567. The zero-order chi connectivity index (χ0) is 16.1. The average Bonchev–Trinajstić information content (AvgIpc) is 3.03. The van der Waals surface area contributed by atoms with Gasteiger partial charge in [0, 0.05) is 26.3 Å². The van der Waals surface area contributed by atoms with Crippen LogP contribution in [0.15, 0.2) is 18.5 Å². The summed E-state index contributed by atoms with van der Waals surface area (Å²) in [5.74, 6) is -4.79. The summed E-state index contributed by atoms with van der Waals surface area (Å²) in [6.07, 6.45) is -1.54. The van der Waals surface area contributed by atoms with Gasteiger partial charge in [-0.25, -0.2) is 4.98 Å². The number of hydrogen-bond acceptors (Lipinski definition) is 4. The van der Waals surface area contributed by atoms with E-state index in [2.05, 4.69) is 10.1 Å². The summed E-state index contributed by atoms with van der Waals surface area (Å²) in [6, 6.07) is 1.58. The molecule has 9 heteroatoms. The Morgan fingerprint density at radius 3 is 2.73 bits per heavy atom. The molecule has 0 radical (unpaired) electrons. The maximum absolute atomic E-state index is 13.1. The van der Waals surface area contributed by atoms with Crippen LogP contribution in [0.25, 0.3) is 11.0 Å². The number of aryl methyl sites for hydroxylation is 1. The van der Waals surface area contributed by atoms with E-state index in [1.54, 1.807) is 13.1 Å². The van der Waals surface area contributed by atoms with Crippen LogP contribution in [0, 0.1) is 11.8 Å². The van der Waals surface area contributed by atoms with E-state index in [1.165, 1.54) is 22.0 Å². The lowest BCUT2D eigenvalue weighted by molar-refractivity contribution is -0.187. The number of anilines is 1. The minimum Gasteiger partial charge on any atom is -0.481 e. The zero-order valence-electron chi connectivity index (χ0n) is 11.6. The van der Waals surface area contributed by atoms with Gasteiger partial charge in [-0.3, -0.25) is 9.48 Å². The number of rotatable bonds is 2. The van der Waals surface area contributed by atoms with E-state index in [4.69, 9.17) is 5.11 Å². The van der Waals surface area contributed by atoms with Gasteiger partial charge < -0.3 is 10.0 Å². The van der Waals surface area contributed by atoms with Gasteiger partial charge in [0.1, 0.15) is 0 Å². The van der Waals surface area contributed by atoms with Gasteiger partial charge in [0.2, 0.25) is 0 Å². The minimum absolute atomic E-state index is 0.187. The first-order chi connectivity index (χ1) is 10.3. The number of carbonyl (C=O) groups is 1. The molecule has 2 aromatic rings. The molecular formula is C13H13F3N4O2. The monoisotopic (exact) mass is 314 g/mol. The Labute approximate surface area is 123 Å². The molecule has 3 heterocycles. The van der Waals surface area contributed by atoms with Crippen LogP contribution < -0.4 is 4.90 Å². The molecule has 0 bridgehead atoms. The largest absolute Gasteiger partial charge is 0.481 e. The number of fused-ring (bicyclic) bond motifs is 1. The lowest BCUT2D eigenvalue weighted by Crippen LogP contribution is -2.33. The standard InChI is InChI=1S/C13H13F3N4O2/c1-19-11-7(4-18-19)10(2-3-17-11)20-5-8(12(21)22)9(6-20)13(14,15)16/h2-4,8-9H,5-6H2,1H3,(H,21,22)/t8-,9-/m1/s1. The van der Waals surface area contributed by atoms with Crippen LogP contribution in [0.1, 0.15) is 0 Å². The quantitative estimate of drug-likeness (QED) is 0.913. The van der Waals surface area contributed by atoms with Crippen LogP contribution in [0.5, 0.6) is 0 Å². The van der Waals surface area contributed by atoms with E-state index in [-0.39, 0.29) is 13.1 Å². The first-order valence-electron chi connectivity index (χ1n) is 6.60. The Morgan fingerprint density at radius 2 is 2.14 bits per heavy atom. The molecule has 1 saturated heterocycles. The number of alkyl halides is 3. The number of pyridine rings is 1. The van der Waals surface area contributed by atoms with Crippen molar-refractivity contribution in [2.75, 3.05) is 18.0 Å². The predicted octanol–water partition coefficient (Wildman–Crippen LogP) is 1.67. The van der Waals surface area contributed by atoms with E-state index in [0.29, 0.717) is 16.7 Å². The molecule has 2 atom stereocenters. The Kier molecular flexibility index (Phi) is 3.22. The molecule has 6 nitrogen and oxygen atoms in total. The molecule has 3 rings (SSSR count). The molecule has 22 heavy (non-hydrogen) atoms. The number of halogens is 3. The normalized spacial score (nSPS) is 22.5. The highest BCUT2D eigenvalue weighted by Gasteiger charge is 2.52. The lowest BCUT2D eigenvalue weighted by atomic mass is 9.96. The van der Waals surface area contributed by atoms with Crippen molar-refractivity contribution in [1.29, 1.82) is 0 Å². The van der Waals surface area contributed by atoms with Gasteiger partial charge in [-0.05, 0) is 6.07 Å². The molecule has 1 fully saturated rings. The highest BCUT2D eigenvalue weighted by atomic mass is 19.4. The molecule has 0 spiro atoms. The SMILES string of the molecule is Cn1ncc2c(N3C[C@@H](C(F)(F)F)[C@H](C(=O)O)C3)ccnc21. The van der Waals surface area contributed by atoms with E-state index in [1.807, 2.05) is 0 Å². The topological polar surface area (TPSA) is 71.2 Å². The predicted molar refractivity (Wildman–Crippen MR) is 71.4 cm³/mol. The first kappa shape index (κ1) is 14.6. The number of hydrogen-bond donors (Lipinski definition) is 1. The fourth-order valence-corrected chi connectivity index (χ4v) is 2.89. The Balaban J connectivity index is 2.00. The van der Waals surface area contributed by atoms with Crippen LogP contribution in [0.4, 0.5) is 18.9 Å². The average molecular weight is 314 g/mol. The third-order valence-corrected chi connectivity index (χ3v) is 4.01. The summed E-state index contributed by atoms with van der Waals surface area (Å²) < 4.78 is 40.7. The van der Waals surface area contributed by atoms with Gasteiger partial charge in [-0.1, -0.05) is 0 Å². The molecule has 0 aromatic carbocycles. The number of nitrogens with zero attached hydrogens (tertiary/aromatic N) is 4. The highest BCUT2D eigenvalue weighted by molar-refractivity contribution is 5.89. The van der Waals surface area contributed by atoms with Crippen molar-refractivity contribution < 1.29 is 23.1 Å². The lowest BCUT2D eigenvalue weighted by Gasteiger charge is -2.20. The molecule has 1 aliphatic rings. The van der Waals surface area contributed by atoms with Gasteiger partial charge >= 0.3 is 12.1 Å². The molecule has 0 saturated carbocycles. The zero-order valence-corrected chi connectivity index (χ0v) is 11.6. The van der Waals surface area contributed by atoms with E-state index < -0.39 is 24.0 Å². The van der Waals surface area contributed by atoms with Crippen molar-refractivity contribution in [3.63, 3.8) is 0 Å². The van der Waals surface area contributed by atoms with E-state index in [0.717, 1.165) is 0 Å². The second-order valence-electron chi connectivity index (χ2n) is 5.33. The van der Waals surface area contributed by atoms with Gasteiger partial charge in [0.25, 0.3) is 0 Å². The van der Waals surface area contributed by atoms with Crippen LogP contribution in [0.2, 0.25) is 0 Å². The second kappa shape index (κ2) is 4.85. The Bertz CT molecular complexity index is 728. The third-order valence-electron chi connectivity index (χ3n) is 4.01. The summed E-state index contributed by atoms with van der Waals surface area (Å²) in [4.78, 5) is 16.7. The molecule has 2 aromatic heterocycles. The third kappa shape index (κ3) is 2.26. The van der Waals surface area contributed by atoms with Crippen LogP contribution >= 0.6 is 0 Å². The molecule has 1 N–H and O–H groups in total. The first-order valence-corrected chi connectivity index (χ1v) is 6.60. The molecule has 1 aliphatic heterocycles. The maximum atomic E-state index is 13.1. The molecule has 0 unspecified atom stereocenters. The summed E-state index contributed by atoms with van der Waals surface area (Å²) in [7, 11) is 1.68. The Hall–Kier alpha value is -2.32. The highest BCUT2D eigenvalue weighted by Crippen LogP contribution is 2.40. The van der Waals surface area contributed by atoms with E-state index in [9.17, 15) is 18.0 Å². The molecular weight excluding hydrogens is 301 g/mol. The number of carboxylic acid groups (broad SMARTS) is 1. The fraction of sp³-hybridized carbons (Fsp3) is 0.462. The fourth-order valence-electron chi connectivity index (χ4n) is 2.89. The second-order valence-corrected chi connectivity index (χ2v) is 5.33. The number of aliphatic carboxylic acids is 1. The van der Waals surface area contributed by atoms with Crippen molar-refractivity contribution in [3.8, 4) is 0 Å². The number of aromatic nitrogens is 3. The molecule has 0 aliphatic carbocycles. The van der Waals surface area contributed by atoms with Crippen molar-refractivity contribution in [2.45, 2.75) is 6.18 Å².